The Kier molecular flexibility index (Phi) is 3.68. The smallest absolute Gasteiger partial charge is 0.289 e. The van der Waals surface area contributed by atoms with Crippen LogP contribution in [0, 0.1) is 0 Å². The Bertz CT molecular complexity index is 381. The number of hydrogen-bond donors (Lipinski definition) is 2. The minimum atomic E-state index is -0.0247. The van der Waals surface area contributed by atoms with E-state index >= 15 is 0 Å². The average Bonchev–Trinajstić information content (AvgIpc) is 2.77. The fourth-order valence-corrected chi connectivity index (χ4v) is 1.84. The summed E-state index contributed by atoms with van der Waals surface area (Å²) in [5, 5.41) is 6.35. The van der Waals surface area contributed by atoms with Crippen molar-refractivity contribution in [1.82, 2.24) is 10.2 Å². The summed E-state index contributed by atoms with van der Waals surface area (Å²) in [6.07, 6.45) is 0. The second-order valence-corrected chi connectivity index (χ2v) is 4.51. The molecular weight excluding hydrogens is 218 g/mol. The minimum Gasteiger partial charge on any atom is -0.436 e. The molecule has 0 atom stereocenters. The van der Waals surface area contributed by atoms with Gasteiger partial charge in [0.1, 0.15) is 0 Å². The minimum absolute atomic E-state index is 0.0247. The first-order chi connectivity index (χ1) is 8.16. The van der Waals surface area contributed by atoms with Crippen molar-refractivity contribution in [1.29, 1.82) is 0 Å². The molecule has 2 heterocycles. The number of rotatable bonds is 3. The van der Waals surface area contributed by atoms with Crippen LogP contribution in [0.3, 0.4) is 0 Å². The number of amides is 1. The number of furan rings is 1. The largest absolute Gasteiger partial charge is 0.436 e. The molecule has 1 aromatic rings. The molecule has 2 N–H and O–H groups in total. The molecule has 17 heavy (non-hydrogen) atoms. The summed E-state index contributed by atoms with van der Waals surface area (Å²) < 4.78 is 5.49. The van der Waals surface area contributed by atoms with Crippen LogP contribution in [0.1, 0.15) is 24.4 Å². The third kappa shape index (κ3) is 3.00. The van der Waals surface area contributed by atoms with Gasteiger partial charge in [-0.2, -0.15) is 0 Å². The first kappa shape index (κ1) is 12.0. The van der Waals surface area contributed by atoms with Crippen molar-refractivity contribution >= 4 is 11.8 Å². The van der Waals surface area contributed by atoms with Crippen LogP contribution < -0.4 is 10.6 Å². The fourth-order valence-electron chi connectivity index (χ4n) is 1.84. The van der Waals surface area contributed by atoms with Crippen molar-refractivity contribution in [2.24, 2.45) is 0 Å². The molecule has 1 aromatic heterocycles. The monoisotopic (exact) mass is 237 g/mol. The van der Waals surface area contributed by atoms with Gasteiger partial charge in [0.25, 0.3) is 5.91 Å². The maximum Gasteiger partial charge on any atom is 0.289 e. The molecule has 2 rings (SSSR count). The highest BCUT2D eigenvalue weighted by atomic mass is 16.4. The second-order valence-electron chi connectivity index (χ2n) is 4.51. The second kappa shape index (κ2) is 5.23. The third-order valence-electron chi connectivity index (χ3n) is 2.65. The van der Waals surface area contributed by atoms with Gasteiger partial charge in [0.05, 0.1) is 0 Å². The molecule has 0 saturated carbocycles. The van der Waals surface area contributed by atoms with Crippen LogP contribution in [-0.2, 0) is 0 Å². The molecule has 5 nitrogen and oxygen atoms in total. The zero-order chi connectivity index (χ0) is 12.3. The number of anilines is 1. The number of nitrogens with one attached hydrogen (secondary N) is 2. The maximum absolute atomic E-state index is 12.1. The van der Waals surface area contributed by atoms with Crippen molar-refractivity contribution < 1.29 is 9.21 Å². The third-order valence-corrected chi connectivity index (χ3v) is 2.65. The van der Waals surface area contributed by atoms with E-state index in [2.05, 4.69) is 10.6 Å². The van der Waals surface area contributed by atoms with E-state index < -0.39 is 0 Å². The summed E-state index contributed by atoms with van der Waals surface area (Å²) in [7, 11) is 0. The van der Waals surface area contributed by atoms with Crippen molar-refractivity contribution in [3.05, 3.63) is 17.9 Å². The lowest BCUT2D eigenvalue weighted by atomic mass is 10.3. The van der Waals surface area contributed by atoms with E-state index in [0.29, 0.717) is 17.7 Å². The van der Waals surface area contributed by atoms with Crippen LogP contribution in [0.25, 0.3) is 0 Å². The van der Waals surface area contributed by atoms with Gasteiger partial charge in [-0.05, 0) is 19.9 Å². The van der Waals surface area contributed by atoms with E-state index in [9.17, 15) is 4.79 Å². The first-order valence-corrected chi connectivity index (χ1v) is 6.03. The molecule has 0 aromatic carbocycles. The molecular formula is C12H19N3O2. The summed E-state index contributed by atoms with van der Waals surface area (Å²) in [6, 6.07) is 3.83. The number of carbonyl (C=O) groups is 1. The van der Waals surface area contributed by atoms with E-state index in [1.165, 1.54) is 0 Å². The average molecular weight is 237 g/mol. The van der Waals surface area contributed by atoms with Gasteiger partial charge in [-0.25, -0.2) is 0 Å². The molecule has 94 valence electrons. The molecule has 1 aliphatic heterocycles. The highest BCUT2D eigenvalue weighted by molar-refractivity contribution is 5.92. The van der Waals surface area contributed by atoms with Gasteiger partial charge >= 0.3 is 0 Å². The SMILES string of the molecule is CC(C)Nc1ccc(C(=O)N2CCNCC2)o1. The number of piperazine rings is 1. The van der Waals surface area contributed by atoms with Gasteiger partial charge in [0.2, 0.25) is 0 Å². The Balaban J connectivity index is 2.01. The summed E-state index contributed by atoms with van der Waals surface area (Å²) in [5.74, 6) is 1.04. The first-order valence-electron chi connectivity index (χ1n) is 6.03. The Morgan fingerprint density at radius 3 is 2.76 bits per heavy atom. The van der Waals surface area contributed by atoms with Crippen molar-refractivity contribution in [3.63, 3.8) is 0 Å². The molecule has 1 fully saturated rings. The van der Waals surface area contributed by atoms with E-state index in [1.54, 1.807) is 12.1 Å². The molecule has 0 bridgehead atoms. The van der Waals surface area contributed by atoms with E-state index in [4.69, 9.17) is 4.42 Å². The quantitative estimate of drug-likeness (QED) is 0.828. The molecule has 0 unspecified atom stereocenters. The zero-order valence-electron chi connectivity index (χ0n) is 10.3. The molecule has 0 radical (unpaired) electrons. The molecule has 0 aliphatic carbocycles. The maximum atomic E-state index is 12.1. The van der Waals surface area contributed by atoms with Gasteiger partial charge in [0.15, 0.2) is 11.6 Å². The van der Waals surface area contributed by atoms with Crippen molar-refractivity contribution in [3.8, 4) is 0 Å². The molecule has 5 heteroatoms. The molecule has 1 amide bonds. The zero-order valence-corrected chi connectivity index (χ0v) is 10.3. The number of nitrogens with zero attached hydrogens (tertiary/aromatic N) is 1. The number of hydrogen-bond acceptors (Lipinski definition) is 4. The van der Waals surface area contributed by atoms with Crippen molar-refractivity contribution in [2.75, 3.05) is 31.5 Å². The van der Waals surface area contributed by atoms with Crippen LogP contribution in [0.15, 0.2) is 16.5 Å². The standard InChI is InChI=1S/C12H19N3O2/c1-9(2)14-11-4-3-10(17-11)12(16)15-7-5-13-6-8-15/h3-4,9,13-14H,5-8H2,1-2H3. The highest BCUT2D eigenvalue weighted by Gasteiger charge is 2.20. The Hall–Kier alpha value is -1.49. The Morgan fingerprint density at radius 2 is 2.12 bits per heavy atom. The van der Waals surface area contributed by atoms with Gasteiger partial charge in [-0.3, -0.25) is 4.79 Å². The lowest BCUT2D eigenvalue weighted by Crippen LogP contribution is -2.46. The summed E-state index contributed by atoms with van der Waals surface area (Å²) >= 11 is 0. The van der Waals surface area contributed by atoms with Crippen LogP contribution in [0.5, 0.6) is 0 Å². The molecule has 1 saturated heterocycles. The van der Waals surface area contributed by atoms with E-state index in [1.807, 2.05) is 18.7 Å². The lowest BCUT2D eigenvalue weighted by molar-refractivity contribution is 0.0704. The topological polar surface area (TPSA) is 57.5 Å². The highest BCUT2D eigenvalue weighted by Crippen LogP contribution is 2.16. The summed E-state index contributed by atoms with van der Waals surface area (Å²) in [5.41, 5.74) is 0. The molecule has 1 aliphatic rings. The van der Waals surface area contributed by atoms with Crippen molar-refractivity contribution in [2.45, 2.75) is 19.9 Å². The predicted molar refractivity (Wildman–Crippen MR) is 66.2 cm³/mol. The van der Waals surface area contributed by atoms with Crippen LogP contribution >= 0.6 is 0 Å². The van der Waals surface area contributed by atoms with E-state index in [0.717, 1.165) is 26.2 Å². The van der Waals surface area contributed by atoms with Gasteiger partial charge in [0, 0.05) is 38.3 Å². The summed E-state index contributed by atoms with van der Waals surface area (Å²) in [6.45, 7) is 7.24. The van der Waals surface area contributed by atoms with E-state index in [-0.39, 0.29) is 5.91 Å². The number of carbonyl (C=O) groups excluding carboxylic acids is 1. The predicted octanol–water partition coefficient (Wildman–Crippen LogP) is 1.15. The normalized spacial score (nSPS) is 16.3. The Labute approximate surface area is 101 Å². The van der Waals surface area contributed by atoms with Gasteiger partial charge < -0.3 is 20.0 Å². The fraction of sp³-hybridized carbons (Fsp3) is 0.583. The van der Waals surface area contributed by atoms with Gasteiger partial charge in [-0.1, -0.05) is 0 Å². The summed E-state index contributed by atoms with van der Waals surface area (Å²) in [4.78, 5) is 13.9. The van der Waals surface area contributed by atoms with Crippen LogP contribution in [0.2, 0.25) is 0 Å². The Morgan fingerprint density at radius 1 is 1.41 bits per heavy atom. The van der Waals surface area contributed by atoms with Crippen LogP contribution in [0.4, 0.5) is 5.88 Å². The molecule has 0 spiro atoms. The van der Waals surface area contributed by atoms with Crippen LogP contribution in [-0.4, -0.2) is 43.0 Å². The van der Waals surface area contributed by atoms with Gasteiger partial charge in [-0.15, -0.1) is 0 Å². The lowest BCUT2D eigenvalue weighted by Gasteiger charge is -2.26.